The Morgan fingerprint density at radius 3 is 2.38 bits per heavy atom. The maximum absolute atomic E-state index is 13.3. The Morgan fingerprint density at radius 1 is 1.19 bits per heavy atom. The number of nitrogens with zero attached hydrogens (tertiary/aromatic N) is 2. The molecule has 0 atom stereocenters. The summed E-state index contributed by atoms with van der Waals surface area (Å²) in [5.74, 6) is -1.40. The van der Waals surface area contributed by atoms with E-state index in [4.69, 9.17) is 0 Å². The Hall–Kier alpha value is -1.91. The molecule has 0 amide bonds. The molecule has 5 heteroatoms. The Balaban J connectivity index is 2.34. The van der Waals surface area contributed by atoms with Gasteiger partial charge in [-0.05, 0) is 26.0 Å². The van der Waals surface area contributed by atoms with Crippen LogP contribution in [0.3, 0.4) is 0 Å². The molecule has 0 radical (unpaired) electrons. The molecule has 2 heterocycles. The van der Waals surface area contributed by atoms with Crippen LogP contribution in [-0.2, 0) is 0 Å². The molecule has 0 saturated carbocycles. The molecule has 0 saturated heterocycles. The van der Waals surface area contributed by atoms with Crippen molar-refractivity contribution >= 4 is 5.82 Å². The third-order valence-corrected chi connectivity index (χ3v) is 2.30. The van der Waals surface area contributed by atoms with Crippen molar-refractivity contribution in [1.82, 2.24) is 9.66 Å². The van der Waals surface area contributed by atoms with Gasteiger partial charge in [0.15, 0.2) is 11.6 Å². The van der Waals surface area contributed by atoms with E-state index in [1.165, 1.54) is 0 Å². The van der Waals surface area contributed by atoms with Crippen LogP contribution in [0, 0.1) is 25.5 Å². The summed E-state index contributed by atoms with van der Waals surface area (Å²) < 4.78 is 27.7. The fraction of sp³-hybridized carbons (Fsp3) is 0.182. The zero-order chi connectivity index (χ0) is 11.7. The fourth-order valence-corrected chi connectivity index (χ4v) is 1.45. The van der Waals surface area contributed by atoms with Gasteiger partial charge in [-0.3, -0.25) is 10.1 Å². The van der Waals surface area contributed by atoms with E-state index in [-0.39, 0.29) is 5.82 Å². The van der Waals surface area contributed by atoms with Crippen molar-refractivity contribution in [2.24, 2.45) is 0 Å². The van der Waals surface area contributed by atoms with Gasteiger partial charge in [-0.1, -0.05) is 0 Å². The van der Waals surface area contributed by atoms with Crippen LogP contribution in [0.25, 0.3) is 0 Å². The lowest BCUT2D eigenvalue weighted by molar-refractivity contribution is 0.573. The van der Waals surface area contributed by atoms with Gasteiger partial charge < -0.3 is 0 Å². The number of anilines is 1. The summed E-state index contributed by atoms with van der Waals surface area (Å²) in [5.41, 5.74) is 4.62. The SMILES string of the molecule is Cc1ccc(C)n1Nc1ncc(F)cc1F. The lowest BCUT2D eigenvalue weighted by Crippen LogP contribution is -2.14. The van der Waals surface area contributed by atoms with Gasteiger partial charge in [0.1, 0.15) is 5.82 Å². The van der Waals surface area contributed by atoms with E-state index in [0.717, 1.165) is 23.7 Å². The average Bonchev–Trinajstić information content (AvgIpc) is 2.53. The number of aromatic nitrogens is 2. The molecular formula is C11H11F2N3. The lowest BCUT2D eigenvalue weighted by atomic mass is 10.4. The molecular weight excluding hydrogens is 212 g/mol. The number of rotatable bonds is 2. The molecule has 0 aliphatic carbocycles. The number of hydrogen-bond donors (Lipinski definition) is 1. The second-order valence-corrected chi connectivity index (χ2v) is 3.55. The zero-order valence-corrected chi connectivity index (χ0v) is 8.96. The highest BCUT2D eigenvalue weighted by atomic mass is 19.1. The molecule has 84 valence electrons. The van der Waals surface area contributed by atoms with Crippen molar-refractivity contribution in [3.05, 3.63) is 47.4 Å². The smallest absolute Gasteiger partial charge is 0.181 e. The highest BCUT2D eigenvalue weighted by molar-refractivity contribution is 5.37. The molecule has 0 bridgehead atoms. The molecule has 0 unspecified atom stereocenters. The van der Waals surface area contributed by atoms with Gasteiger partial charge in [0.25, 0.3) is 0 Å². The molecule has 3 nitrogen and oxygen atoms in total. The van der Waals surface area contributed by atoms with Crippen molar-refractivity contribution in [1.29, 1.82) is 0 Å². The first kappa shape index (κ1) is 10.6. The summed E-state index contributed by atoms with van der Waals surface area (Å²) in [4.78, 5) is 3.65. The molecule has 0 aliphatic heterocycles. The number of nitrogens with one attached hydrogen (secondary N) is 1. The summed E-state index contributed by atoms with van der Waals surface area (Å²) in [5, 5.41) is 0. The number of hydrogen-bond acceptors (Lipinski definition) is 2. The summed E-state index contributed by atoms with van der Waals surface area (Å²) in [6, 6.07) is 4.58. The van der Waals surface area contributed by atoms with Gasteiger partial charge in [-0.25, -0.2) is 13.8 Å². The number of pyridine rings is 1. The maximum Gasteiger partial charge on any atom is 0.181 e. The Kier molecular flexibility index (Phi) is 2.60. The molecule has 2 rings (SSSR count). The predicted molar refractivity (Wildman–Crippen MR) is 57.1 cm³/mol. The van der Waals surface area contributed by atoms with E-state index < -0.39 is 11.6 Å². The maximum atomic E-state index is 13.3. The minimum atomic E-state index is -0.715. The van der Waals surface area contributed by atoms with Crippen molar-refractivity contribution < 1.29 is 8.78 Å². The second-order valence-electron chi connectivity index (χ2n) is 3.55. The van der Waals surface area contributed by atoms with Crippen LogP contribution in [0.5, 0.6) is 0 Å². The lowest BCUT2D eigenvalue weighted by Gasteiger charge is -2.12. The first-order valence-electron chi connectivity index (χ1n) is 4.81. The molecule has 0 aliphatic rings. The van der Waals surface area contributed by atoms with Crippen molar-refractivity contribution in [3.8, 4) is 0 Å². The molecule has 1 N–H and O–H groups in total. The molecule has 16 heavy (non-hydrogen) atoms. The quantitative estimate of drug-likeness (QED) is 0.848. The first-order chi connectivity index (χ1) is 7.58. The molecule has 0 fully saturated rings. The molecule has 0 aromatic carbocycles. The predicted octanol–water partition coefficient (Wildman–Crippen LogP) is 2.65. The molecule has 2 aromatic rings. The van der Waals surface area contributed by atoms with Gasteiger partial charge >= 0.3 is 0 Å². The fourth-order valence-electron chi connectivity index (χ4n) is 1.45. The van der Waals surface area contributed by atoms with E-state index in [1.807, 2.05) is 26.0 Å². The van der Waals surface area contributed by atoms with Crippen molar-refractivity contribution in [2.75, 3.05) is 5.43 Å². The van der Waals surface area contributed by atoms with Gasteiger partial charge in [-0.2, -0.15) is 0 Å². The topological polar surface area (TPSA) is 29.9 Å². The molecule has 0 spiro atoms. The third-order valence-electron chi connectivity index (χ3n) is 2.30. The van der Waals surface area contributed by atoms with Crippen LogP contribution in [0.15, 0.2) is 24.4 Å². The first-order valence-corrected chi connectivity index (χ1v) is 4.81. The van der Waals surface area contributed by atoms with Crippen LogP contribution in [-0.4, -0.2) is 9.66 Å². The van der Waals surface area contributed by atoms with Crippen LogP contribution in [0.2, 0.25) is 0 Å². The number of aryl methyl sites for hydroxylation is 2. The van der Waals surface area contributed by atoms with Crippen LogP contribution < -0.4 is 5.43 Å². The number of halogens is 2. The molecule has 2 aromatic heterocycles. The Morgan fingerprint density at radius 2 is 1.81 bits per heavy atom. The van der Waals surface area contributed by atoms with Crippen LogP contribution in [0.1, 0.15) is 11.4 Å². The van der Waals surface area contributed by atoms with Gasteiger partial charge in [0.05, 0.1) is 6.20 Å². The van der Waals surface area contributed by atoms with Gasteiger partial charge in [-0.15, -0.1) is 0 Å². The van der Waals surface area contributed by atoms with Crippen molar-refractivity contribution in [2.45, 2.75) is 13.8 Å². The largest absolute Gasteiger partial charge is 0.275 e. The minimum absolute atomic E-state index is 0.00352. The summed E-state index contributed by atoms with van der Waals surface area (Å²) in [6.07, 6.45) is 0.972. The monoisotopic (exact) mass is 223 g/mol. The normalized spacial score (nSPS) is 10.5. The summed E-state index contributed by atoms with van der Waals surface area (Å²) in [6.45, 7) is 3.75. The zero-order valence-electron chi connectivity index (χ0n) is 8.96. The van der Waals surface area contributed by atoms with Crippen molar-refractivity contribution in [3.63, 3.8) is 0 Å². The minimum Gasteiger partial charge on any atom is -0.275 e. The van der Waals surface area contributed by atoms with E-state index in [9.17, 15) is 8.78 Å². The van der Waals surface area contributed by atoms with Gasteiger partial charge in [0, 0.05) is 17.5 Å². The van der Waals surface area contributed by atoms with E-state index in [1.54, 1.807) is 4.68 Å². The standard InChI is InChI=1S/C11H11F2N3/c1-7-3-4-8(2)16(7)15-11-10(13)5-9(12)6-14-11/h3-6H,1-2H3,(H,14,15). The third kappa shape index (κ3) is 1.88. The summed E-state index contributed by atoms with van der Waals surface area (Å²) >= 11 is 0. The highest BCUT2D eigenvalue weighted by Crippen LogP contribution is 2.14. The van der Waals surface area contributed by atoms with E-state index in [0.29, 0.717) is 0 Å². The Labute approximate surface area is 91.7 Å². The van der Waals surface area contributed by atoms with E-state index in [2.05, 4.69) is 10.4 Å². The van der Waals surface area contributed by atoms with Gasteiger partial charge in [0.2, 0.25) is 0 Å². The average molecular weight is 223 g/mol. The summed E-state index contributed by atoms with van der Waals surface area (Å²) in [7, 11) is 0. The second kappa shape index (κ2) is 3.92. The highest BCUT2D eigenvalue weighted by Gasteiger charge is 2.07. The van der Waals surface area contributed by atoms with E-state index >= 15 is 0 Å². The van der Waals surface area contributed by atoms with Crippen LogP contribution in [0.4, 0.5) is 14.6 Å². The Bertz CT molecular complexity index is 500. The van der Waals surface area contributed by atoms with Crippen LogP contribution >= 0.6 is 0 Å².